The molecule has 1 amide bonds. The number of carbonyl (C=O) groups is 1. The first kappa shape index (κ1) is 15.3. The summed E-state index contributed by atoms with van der Waals surface area (Å²) in [5.41, 5.74) is 1.15. The molecule has 0 aliphatic rings. The highest BCUT2D eigenvalue weighted by molar-refractivity contribution is 6.32. The number of ether oxygens (including phenoxy) is 1. The Balaban J connectivity index is 0.00000180. The molecule has 1 N–H and O–H groups in total. The number of amides is 1. The van der Waals surface area contributed by atoms with Gasteiger partial charge in [-0.3, -0.25) is 9.78 Å². The lowest BCUT2D eigenvalue weighted by Crippen LogP contribution is -2.11. The van der Waals surface area contributed by atoms with E-state index < -0.39 is 0 Å². The average molecular weight is 299 g/mol. The quantitative estimate of drug-likeness (QED) is 0.944. The maximum atomic E-state index is 11.9. The lowest BCUT2D eigenvalue weighted by atomic mass is 10.2. The standard InChI is InChI=1S/C13H11ClN2O2.ClH/c1-18-12-3-2-10(8-11(12)14)16-13(17)9-4-6-15-7-5-9;/h2-8H,1H3,(H,16,17);1H. The first-order valence-corrected chi connectivity index (χ1v) is 5.63. The summed E-state index contributed by atoms with van der Waals surface area (Å²) in [5.74, 6) is 0.359. The second-order valence-corrected chi connectivity index (χ2v) is 3.95. The Morgan fingerprint density at radius 1 is 1.26 bits per heavy atom. The fourth-order valence-corrected chi connectivity index (χ4v) is 1.71. The molecule has 1 heterocycles. The Bertz CT molecular complexity index is 562. The van der Waals surface area contributed by atoms with Crippen molar-refractivity contribution in [2.75, 3.05) is 12.4 Å². The van der Waals surface area contributed by atoms with E-state index in [9.17, 15) is 4.79 Å². The zero-order valence-corrected chi connectivity index (χ0v) is 11.7. The highest BCUT2D eigenvalue weighted by Gasteiger charge is 2.07. The minimum Gasteiger partial charge on any atom is -0.495 e. The van der Waals surface area contributed by atoms with Gasteiger partial charge in [-0.1, -0.05) is 11.6 Å². The molecule has 0 unspecified atom stereocenters. The molecule has 0 radical (unpaired) electrons. The number of nitrogens with zero attached hydrogens (tertiary/aromatic N) is 1. The first-order chi connectivity index (χ1) is 8.70. The second kappa shape index (κ2) is 6.97. The summed E-state index contributed by atoms with van der Waals surface area (Å²) >= 11 is 5.97. The zero-order valence-electron chi connectivity index (χ0n) is 10.1. The van der Waals surface area contributed by atoms with Crippen molar-refractivity contribution in [3.63, 3.8) is 0 Å². The van der Waals surface area contributed by atoms with E-state index in [4.69, 9.17) is 16.3 Å². The number of carbonyl (C=O) groups excluding carboxylic acids is 1. The van der Waals surface area contributed by atoms with Crippen LogP contribution in [0.4, 0.5) is 5.69 Å². The number of hydrogen-bond acceptors (Lipinski definition) is 3. The predicted octanol–water partition coefficient (Wildman–Crippen LogP) is 3.42. The van der Waals surface area contributed by atoms with Gasteiger partial charge in [0.15, 0.2) is 0 Å². The molecule has 0 aliphatic heterocycles. The van der Waals surface area contributed by atoms with Crippen LogP contribution in [-0.4, -0.2) is 18.0 Å². The molecule has 19 heavy (non-hydrogen) atoms. The highest BCUT2D eigenvalue weighted by atomic mass is 35.5. The van der Waals surface area contributed by atoms with Gasteiger partial charge in [-0.05, 0) is 30.3 Å². The van der Waals surface area contributed by atoms with Crippen LogP contribution in [0.3, 0.4) is 0 Å². The maximum Gasteiger partial charge on any atom is 0.255 e. The minimum atomic E-state index is -0.210. The van der Waals surface area contributed by atoms with Gasteiger partial charge in [-0.25, -0.2) is 0 Å². The molecule has 0 atom stereocenters. The number of aromatic nitrogens is 1. The van der Waals surface area contributed by atoms with Crippen LogP contribution in [0.1, 0.15) is 10.4 Å². The van der Waals surface area contributed by atoms with Crippen LogP contribution in [-0.2, 0) is 0 Å². The fourth-order valence-electron chi connectivity index (χ4n) is 1.45. The van der Waals surface area contributed by atoms with Crippen LogP contribution in [0.15, 0.2) is 42.7 Å². The number of hydrogen-bond donors (Lipinski definition) is 1. The summed E-state index contributed by atoms with van der Waals surface area (Å²) in [6.07, 6.45) is 3.13. The maximum absolute atomic E-state index is 11.9. The Labute approximate surface area is 122 Å². The number of nitrogens with one attached hydrogen (secondary N) is 1. The van der Waals surface area contributed by atoms with Crippen LogP contribution in [0, 0.1) is 0 Å². The molecule has 0 saturated carbocycles. The summed E-state index contributed by atoms with van der Waals surface area (Å²) in [7, 11) is 1.54. The van der Waals surface area contributed by atoms with Gasteiger partial charge in [0.2, 0.25) is 0 Å². The Morgan fingerprint density at radius 2 is 1.95 bits per heavy atom. The number of benzene rings is 1. The topological polar surface area (TPSA) is 51.2 Å². The predicted molar refractivity (Wildman–Crippen MR) is 77.4 cm³/mol. The molecule has 2 aromatic rings. The van der Waals surface area contributed by atoms with Gasteiger partial charge >= 0.3 is 0 Å². The third-order valence-electron chi connectivity index (χ3n) is 2.35. The fraction of sp³-hybridized carbons (Fsp3) is 0.0769. The number of pyridine rings is 1. The van der Waals surface area contributed by atoms with E-state index in [0.29, 0.717) is 22.0 Å². The molecule has 6 heteroatoms. The van der Waals surface area contributed by atoms with Crippen molar-refractivity contribution in [3.05, 3.63) is 53.3 Å². The smallest absolute Gasteiger partial charge is 0.255 e. The summed E-state index contributed by atoms with van der Waals surface area (Å²) in [4.78, 5) is 15.7. The number of rotatable bonds is 3. The normalized spacial score (nSPS) is 9.37. The van der Waals surface area contributed by atoms with Crippen molar-refractivity contribution in [2.24, 2.45) is 0 Å². The lowest BCUT2D eigenvalue weighted by Gasteiger charge is -2.07. The molecule has 100 valence electrons. The van der Waals surface area contributed by atoms with E-state index in [1.165, 1.54) is 7.11 Å². The Morgan fingerprint density at radius 3 is 2.53 bits per heavy atom. The van der Waals surface area contributed by atoms with Crippen LogP contribution in [0.25, 0.3) is 0 Å². The van der Waals surface area contributed by atoms with Crippen molar-refractivity contribution in [3.8, 4) is 5.75 Å². The van der Waals surface area contributed by atoms with Gasteiger partial charge in [0.25, 0.3) is 5.91 Å². The molecule has 0 saturated heterocycles. The number of anilines is 1. The highest BCUT2D eigenvalue weighted by Crippen LogP contribution is 2.27. The molecule has 0 bridgehead atoms. The third kappa shape index (κ3) is 3.84. The van der Waals surface area contributed by atoms with Crippen molar-refractivity contribution in [2.45, 2.75) is 0 Å². The van der Waals surface area contributed by atoms with Gasteiger partial charge in [0.05, 0.1) is 12.1 Å². The largest absolute Gasteiger partial charge is 0.495 e. The average Bonchev–Trinajstić information content (AvgIpc) is 2.40. The Kier molecular flexibility index (Phi) is 5.60. The number of methoxy groups -OCH3 is 1. The monoisotopic (exact) mass is 298 g/mol. The molecule has 0 fully saturated rings. The van der Waals surface area contributed by atoms with Crippen molar-refractivity contribution >= 4 is 35.6 Å². The molecule has 0 aliphatic carbocycles. The number of halogens is 2. The van der Waals surface area contributed by atoms with Gasteiger partial charge in [0.1, 0.15) is 5.75 Å². The van der Waals surface area contributed by atoms with Crippen LogP contribution < -0.4 is 10.1 Å². The van der Waals surface area contributed by atoms with Crippen molar-refractivity contribution in [1.82, 2.24) is 4.98 Å². The van der Waals surface area contributed by atoms with Gasteiger partial charge in [0, 0.05) is 23.6 Å². The van der Waals surface area contributed by atoms with Gasteiger partial charge in [-0.2, -0.15) is 0 Å². The van der Waals surface area contributed by atoms with E-state index in [1.807, 2.05) is 0 Å². The summed E-state index contributed by atoms with van der Waals surface area (Å²) in [6.45, 7) is 0. The van der Waals surface area contributed by atoms with E-state index in [-0.39, 0.29) is 18.3 Å². The first-order valence-electron chi connectivity index (χ1n) is 5.25. The zero-order chi connectivity index (χ0) is 13.0. The van der Waals surface area contributed by atoms with Crippen molar-refractivity contribution < 1.29 is 9.53 Å². The molecule has 1 aromatic heterocycles. The summed E-state index contributed by atoms with van der Waals surface area (Å²) in [5, 5.41) is 3.19. The second-order valence-electron chi connectivity index (χ2n) is 3.54. The molecule has 2 rings (SSSR count). The van der Waals surface area contributed by atoms with E-state index in [2.05, 4.69) is 10.3 Å². The Hall–Kier alpha value is -1.78. The molecular formula is C13H12Cl2N2O2. The molecule has 1 aromatic carbocycles. The van der Waals surface area contributed by atoms with Crippen LogP contribution in [0.5, 0.6) is 5.75 Å². The lowest BCUT2D eigenvalue weighted by molar-refractivity contribution is 0.102. The van der Waals surface area contributed by atoms with Gasteiger partial charge in [-0.15, -0.1) is 12.4 Å². The minimum absolute atomic E-state index is 0. The van der Waals surface area contributed by atoms with Crippen LogP contribution >= 0.6 is 24.0 Å². The van der Waals surface area contributed by atoms with Crippen LogP contribution in [0.2, 0.25) is 5.02 Å². The van der Waals surface area contributed by atoms with E-state index in [0.717, 1.165) is 0 Å². The van der Waals surface area contributed by atoms with E-state index in [1.54, 1.807) is 42.7 Å². The third-order valence-corrected chi connectivity index (χ3v) is 2.65. The summed E-state index contributed by atoms with van der Waals surface area (Å²) in [6, 6.07) is 8.34. The summed E-state index contributed by atoms with van der Waals surface area (Å²) < 4.78 is 5.04. The SMILES string of the molecule is COc1ccc(NC(=O)c2ccncc2)cc1Cl.Cl. The molecule has 4 nitrogen and oxygen atoms in total. The molecular weight excluding hydrogens is 287 g/mol. The van der Waals surface area contributed by atoms with E-state index >= 15 is 0 Å². The van der Waals surface area contributed by atoms with Crippen molar-refractivity contribution in [1.29, 1.82) is 0 Å². The molecule has 0 spiro atoms. The van der Waals surface area contributed by atoms with Gasteiger partial charge < -0.3 is 10.1 Å².